The number of pyridine rings is 1. The van der Waals surface area contributed by atoms with Crippen LogP contribution in [-0.4, -0.2) is 12.1 Å². The predicted octanol–water partition coefficient (Wildman–Crippen LogP) is 4.33. The van der Waals surface area contributed by atoms with Crippen molar-refractivity contribution in [2.24, 2.45) is 0 Å². The monoisotopic (exact) mass is 343 g/mol. The number of hydrogen-bond acceptors (Lipinski definition) is 4. The van der Waals surface area contributed by atoms with Crippen LogP contribution in [0.4, 0.5) is 17.1 Å². The Kier molecular flexibility index (Phi) is 3.66. The highest BCUT2D eigenvalue weighted by molar-refractivity contribution is 9.10. The molecule has 1 heterocycles. The number of rotatable bonds is 3. The van der Waals surface area contributed by atoms with Gasteiger partial charge < -0.3 is 15.8 Å². The molecule has 3 N–H and O–H groups in total. The number of nitrogens with one attached hydrogen (secondary N) is 1. The molecule has 0 aliphatic rings. The van der Waals surface area contributed by atoms with Crippen molar-refractivity contribution in [1.82, 2.24) is 4.98 Å². The second kappa shape index (κ2) is 5.61. The number of nitrogens with two attached hydrogens (primary N) is 1. The number of anilines is 3. The molecular formula is C16H14BrN3O. The Morgan fingerprint density at radius 1 is 1.10 bits per heavy atom. The third-order valence-corrected chi connectivity index (χ3v) is 3.99. The van der Waals surface area contributed by atoms with E-state index in [9.17, 15) is 0 Å². The molecule has 0 spiro atoms. The minimum absolute atomic E-state index is 0.716. The summed E-state index contributed by atoms with van der Waals surface area (Å²) < 4.78 is 6.22. The van der Waals surface area contributed by atoms with Crippen molar-refractivity contribution in [3.63, 3.8) is 0 Å². The van der Waals surface area contributed by atoms with E-state index in [1.54, 1.807) is 19.5 Å². The molecule has 0 unspecified atom stereocenters. The van der Waals surface area contributed by atoms with Crippen LogP contribution in [0.15, 0.2) is 53.3 Å². The molecule has 0 atom stereocenters. The number of fused-ring (bicyclic) bond motifs is 1. The van der Waals surface area contributed by atoms with Crippen LogP contribution in [0.2, 0.25) is 0 Å². The van der Waals surface area contributed by atoms with Crippen molar-refractivity contribution in [3.05, 3.63) is 53.3 Å². The molecule has 106 valence electrons. The number of hydrogen-bond donors (Lipinski definition) is 2. The first kappa shape index (κ1) is 13.7. The molecule has 0 bridgehead atoms. The van der Waals surface area contributed by atoms with Gasteiger partial charge in [-0.1, -0.05) is 0 Å². The van der Waals surface area contributed by atoms with Gasteiger partial charge in [0.1, 0.15) is 5.75 Å². The third kappa shape index (κ3) is 2.64. The first-order chi connectivity index (χ1) is 10.2. The van der Waals surface area contributed by atoms with Crippen LogP contribution in [0.1, 0.15) is 0 Å². The summed E-state index contributed by atoms with van der Waals surface area (Å²) in [5.41, 5.74) is 8.61. The van der Waals surface area contributed by atoms with Gasteiger partial charge in [0.2, 0.25) is 0 Å². The van der Waals surface area contributed by atoms with E-state index in [4.69, 9.17) is 10.5 Å². The average Bonchev–Trinajstić information content (AvgIpc) is 2.52. The summed E-state index contributed by atoms with van der Waals surface area (Å²) in [4.78, 5) is 4.13. The first-order valence-corrected chi connectivity index (χ1v) is 7.21. The summed E-state index contributed by atoms with van der Waals surface area (Å²) in [6.45, 7) is 0. The highest BCUT2D eigenvalue weighted by Gasteiger charge is 2.07. The Balaban J connectivity index is 2.08. The lowest BCUT2D eigenvalue weighted by Crippen LogP contribution is -1.96. The second-order valence-electron chi connectivity index (χ2n) is 4.59. The van der Waals surface area contributed by atoms with E-state index in [2.05, 4.69) is 26.2 Å². The molecule has 3 rings (SSSR count). The van der Waals surface area contributed by atoms with E-state index >= 15 is 0 Å². The van der Waals surface area contributed by atoms with Crippen LogP contribution >= 0.6 is 15.9 Å². The fourth-order valence-electron chi connectivity index (χ4n) is 2.19. The van der Waals surface area contributed by atoms with Crippen LogP contribution in [-0.2, 0) is 0 Å². The van der Waals surface area contributed by atoms with E-state index in [0.717, 1.165) is 32.4 Å². The fraction of sp³-hybridized carbons (Fsp3) is 0.0625. The molecule has 0 amide bonds. The number of methoxy groups -OCH3 is 1. The quantitative estimate of drug-likeness (QED) is 0.694. The van der Waals surface area contributed by atoms with E-state index in [-0.39, 0.29) is 0 Å². The molecule has 0 fully saturated rings. The Morgan fingerprint density at radius 3 is 2.76 bits per heavy atom. The van der Waals surface area contributed by atoms with Crippen molar-refractivity contribution >= 4 is 43.8 Å². The van der Waals surface area contributed by atoms with Gasteiger partial charge >= 0.3 is 0 Å². The van der Waals surface area contributed by atoms with Crippen LogP contribution in [0.3, 0.4) is 0 Å². The van der Waals surface area contributed by atoms with Gasteiger partial charge in [0.15, 0.2) is 0 Å². The zero-order valence-electron chi connectivity index (χ0n) is 11.4. The molecule has 21 heavy (non-hydrogen) atoms. The van der Waals surface area contributed by atoms with E-state index in [1.165, 1.54) is 0 Å². The van der Waals surface area contributed by atoms with Gasteiger partial charge in [0, 0.05) is 45.1 Å². The first-order valence-electron chi connectivity index (χ1n) is 6.42. The molecule has 2 aromatic carbocycles. The number of halogens is 1. The highest BCUT2D eigenvalue weighted by Crippen LogP contribution is 2.34. The zero-order valence-corrected chi connectivity index (χ0v) is 13.0. The van der Waals surface area contributed by atoms with Crippen LogP contribution in [0.5, 0.6) is 5.75 Å². The molecule has 5 heteroatoms. The maximum absolute atomic E-state index is 6.00. The van der Waals surface area contributed by atoms with Crippen LogP contribution < -0.4 is 15.8 Å². The molecule has 0 saturated carbocycles. The molecule has 4 nitrogen and oxygen atoms in total. The summed E-state index contributed by atoms with van der Waals surface area (Å²) in [6, 6.07) is 11.6. The summed E-state index contributed by atoms with van der Waals surface area (Å²) in [7, 11) is 1.65. The zero-order chi connectivity index (χ0) is 14.8. The number of ether oxygens (including phenoxy) is 1. The lowest BCUT2D eigenvalue weighted by Gasteiger charge is -2.13. The average molecular weight is 344 g/mol. The molecule has 0 aliphatic carbocycles. The van der Waals surface area contributed by atoms with E-state index < -0.39 is 0 Å². The Morgan fingerprint density at radius 2 is 1.95 bits per heavy atom. The lowest BCUT2D eigenvalue weighted by atomic mass is 10.1. The van der Waals surface area contributed by atoms with Crippen molar-refractivity contribution in [2.75, 3.05) is 18.2 Å². The van der Waals surface area contributed by atoms with Gasteiger partial charge in [-0.2, -0.15) is 0 Å². The molecule has 3 aromatic rings. The standard InChI is InChI=1S/C16H14BrN3O/c1-21-10-2-3-13(17)16(8-10)20-15-5-4-14(18)12-9-19-7-6-11(12)15/h2-9,20H,18H2,1H3. The molecular weight excluding hydrogens is 330 g/mol. The molecule has 0 saturated heterocycles. The Hall–Kier alpha value is -2.27. The van der Waals surface area contributed by atoms with Crippen molar-refractivity contribution in [1.29, 1.82) is 0 Å². The van der Waals surface area contributed by atoms with Crippen molar-refractivity contribution in [3.8, 4) is 5.75 Å². The second-order valence-corrected chi connectivity index (χ2v) is 5.45. The largest absolute Gasteiger partial charge is 0.497 e. The van der Waals surface area contributed by atoms with Gasteiger partial charge in [0.25, 0.3) is 0 Å². The predicted molar refractivity (Wildman–Crippen MR) is 90.1 cm³/mol. The number of aromatic nitrogens is 1. The molecule has 0 radical (unpaired) electrons. The van der Waals surface area contributed by atoms with E-state index in [0.29, 0.717) is 5.69 Å². The SMILES string of the molecule is COc1ccc(Br)c(Nc2ccc(N)c3cnccc23)c1. The van der Waals surface area contributed by atoms with Crippen LogP contribution in [0.25, 0.3) is 10.8 Å². The number of nitrogen functional groups attached to an aromatic ring is 1. The van der Waals surface area contributed by atoms with Gasteiger partial charge in [-0.15, -0.1) is 0 Å². The topological polar surface area (TPSA) is 60.2 Å². The highest BCUT2D eigenvalue weighted by atomic mass is 79.9. The molecule has 1 aromatic heterocycles. The minimum Gasteiger partial charge on any atom is -0.497 e. The van der Waals surface area contributed by atoms with Gasteiger partial charge in [-0.05, 0) is 46.3 Å². The summed E-state index contributed by atoms with van der Waals surface area (Å²) in [6.07, 6.45) is 3.53. The normalized spacial score (nSPS) is 10.6. The third-order valence-electron chi connectivity index (χ3n) is 3.29. The summed E-state index contributed by atoms with van der Waals surface area (Å²) >= 11 is 3.54. The van der Waals surface area contributed by atoms with E-state index in [1.807, 2.05) is 36.4 Å². The smallest absolute Gasteiger partial charge is 0.121 e. The number of benzene rings is 2. The number of nitrogens with zero attached hydrogens (tertiary/aromatic N) is 1. The Bertz CT molecular complexity index is 805. The molecule has 0 aliphatic heterocycles. The summed E-state index contributed by atoms with van der Waals surface area (Å²) in [5.74, 6) is 0.794. The maximum atomic E-state index is 6.00. The van der Waals surface area contributed by atoms with Crippen LogP contribution in [0, 0.1) is 0 Å². The maximum Gasteiger partial charge on any atom is 0.121 e. The van der Waals surface area contributed by atoms with Crippen molar-refractivity contribution in [2.45, 2.75) is 0 Å². The van der Waals surface area contributed by atoms with Gasteiger partial charge in [-0.3, -0.25) is 4.98 Å². The fourth-order valence-corrected chi connectivity index (χ4v) is 2.54. The minimum atomic E-state index is 0.716. The van der Waals surface area contributed by atoms with Gasteiger partial charge in [0.05, 0.1) is 12.8 Å². The van der Waals surface area contributed by atoms with Gasteiger partial charge in [-0.25, -0.2) is 0 Å². The lowest BCUT2D eigenvalue weighted by molar-refractivity contribution is 0.415. The summed E-state index contributed by atoms with van der Waals surface area (Å²) in [5, 5.41) is 5.37. The Labute approximate surface area is 131 Å². The van der Waals surface area contributed by atoms with Crippen molar-refractivity contribution < 1.29 is 4.74 Å².